The first-order valence-corrected chi connectivity index (χ1v) is 5.42. The van der Waals surface area contributed by atoms with Gasteiger partial charge in [0.05, 0.1) is 18.2 Å². The van der Waals surface area contributed by atoms with Gasteiger partial charge in [0.1, 0.15) is 5.82 Å². The van der Waals surface area contributed by atoms with Crippen LogP contribution in [0.2, 0.25) is 0 Å². The summed E-state index contributed by atoms with van der Waals surface area (Å²) < 4.78 is 13.6. The smallest absolute Gasteiger partial charge is 0.228 e. The maximum atomic E-state index is 13.6. The van der Waals surface area contributed by atoms with Crippen LogP contribution in [-0.2, 0) is 11.2 Å². The number of amides is 1. The highest BCUT2D eigenvalue weighted by Crippen LogP contribution is 2.30. The van der Waals surface area contributed by atoms with Crippen LogP contribution in [0, 0.1) is 5.82 Å². The standard InChI is InChI=1S/C12H14FNO2/c1-2-3-10(15)7-4-8-6-11(16)14-12(8)9(13)5-7/h4-5,10,15H,2-3,6H2,1H3,(H,14,16). The van der Waals surface area contributed by atoms with Gasteiger partial charge in [0.25, 0.3) is 0 Å². The minimum Gasteiger partial charge on any atom is -0.388 e. The van der Waals surface area contributed by atoms with Crippen LogP contribution in [-0.4, -0.2) is 11.0 Å². The minimum absolute atomic E-state index is 0.193. The zero-order valence-electron chi connectivity index (χ0n) is 9.09. The van der Waals surface area contributed by atoms with Gasteiger partial charge >= 0.3 is 0 Å². The molecule has 1 amide bonds. The lowest BCUT2D eigenvalue weighted by molar-refractivity contribution is -0.115. The second kappa shape index (κ2) is 4.22. The lowest BCUT2D eigenvalue weighted by Crippen LogP contribution is -2.04. The predicted molar refractivity (Wildman–Crippen MR) is 58.6 cm³/mol. The molecule has 0 saturated heterocycles. The highest BCUT2D eigenvalue weighted by atomic mass is 19.1. The number of nitrogens with one attached hydrogen (secondary N) is 1. The molecule has 0 saturated carbocycles. The van der Waals surface area contributed by atoms with E-state index in [-0.39, 0.29) is 18.0 Å². The highest BCUT2D eigenvalue weighted by molar-refractivity contribution is 5.99. The number of anilines is 1. The second-order valence-electron chi connectivity index (χ2n) is 4.07. The van der Waals surface area contributed by atoms with Crippen molar-refractivity contribution in [1.82, 2.24) is 0 Å². The van der Waals surface area contributed by atoms with Crippen LogP contribution >= 0.6 is 0 Å². The van der Waals surface area contributed by atoms with Crippen molar-refractivity contribution >= 4 is 11.6 Å². The summed E-state index contributed by atoms with van der Waals surface area (Å²) >= 11 is 0. The van der Waals surface area contributed by atoms with E-state index in [4.69, 9.17) is 0 Å². The molecule has 1 heterocycles. The van der Waals surface area contributed by atoms with Crippen molar-refractivity contribution < 1.29 is 14.3 Å². The van der Waals surface area contributed by atoms with E-state index in [0.717, 1.165) is 6.42 Å². The Morgan fingerprint density at radius 3 is 3.00 bits per heavy atom. The summed E-state index contributed by atoms with van der Waals surface area (Å²) in [4.78, 5) is 11.1. The van der Waals surface area contributed by atoms with Crippen LogP contribution in [0.3, 0.4) is 0 Å². The van der Waals surface area contributed by atoms with Crippen LogP contribution in [0.4, 0.5) is 10.1 Å². The van der Waals surface area contributed by atoms with E-state index in [1.165, 1.54) is 6.07 Å². The molecule has 0 aromatic heterocycles. The number of carbonyl (C=O) groups is 1. The quantitative estimate of drug-likeness (QED) is 0.824. The van der Waals surface area contributed by atoms with Crippen molar-refractivity contribution in [1.29, 1.82) is 0 Å². The number of halogens is 1. The van der Waals surface area contributed by atoms with Gasteiger partial charge in [-0.3, -0.25) is 4.79 Å². The van der Waals surface area contributed by atoms with E-state index in [9.17, 15) is 14.3 Å². The van der Waals surface area contributed by atoms with Gasteiger partial charge in [0.2, 0.25) is 5.91 Å². The first-order valence-electron chi connectivity index (χ1n) is 5.42. The molecule has 0 spiro atoms. The molecular weight excluding hydrogens is 209 g/mol. The number of hydrogen-bond donors (Lipinski definition) is 2. The Morgan fingerprint density at radius 1 is 1.56 bits per heavy atom. The summed E-state index contributed by atoms with van der Waals surface area (Å²) in [6.45, 7) is 1.96. The molecule has 2 N–H and O–H groups in total. The number of benzene rings is 1. The summed E-state index contributed by atoms with van der Waals surface area (Å²) in [5.74, 6) is -0.662. The van der Waals surface area contributed by atoms with Gasteiger partial charge in [-0.05, 0) is 23.6 Å². The van der Waals surface area contributed by atoms with E-state index in [0.29, 0.717) is 17.5 Å². The van der Waals surface area contributed by atoms with E-state index in [2.05, 4.69) is 5.32 Å². The molecule has 1 aliphatic rings. The third-order valence-corrected chi connectivity index (χ3v) is 2.76. The molecule has 86 valence electrons. The maximum Gasteiger partial charge on any atom is 0.228 e. The lowest BCUT2D eigenvalue weighted by atomic mass is 10.0. The van der Waals surface area contributed by atoms with Gasteiger partial charge in [-0.25, -0.2) is 4.39 Å². The fourth-order valence-corrected chi connectivity index (χ4v) is 1.96. The van der Waals surface area contributed by atoms with Crippen molar-refractivity contribution in [3.63, 3.8) is 0 Å². The first-order chi connectivity index (χ1) is 7.61. The van der Waals surface area contributed by atoms with Gasteiger partial charge in [-0.2, -0.15) is 0 Å². The van der Waals surface area contributed by atoms with Gasteiger partial charge in [0, 0.05) is 0 Å². The zero-order chi connectivity index (χ0) is 11.7. The highest BCUT2D eigenvalue weighted by Gasteiger charge is 2.23. The molecule has 2 rings (SSSR count). The van der Waals surface area contributed by atoms with Gasteiger partial charge in [-0.1, -0.05) is 19.4 Å². The van der Waals surface area contributed by atoms with E-state index < -0.39 is 11.9 Å². The number of fused-ring (bicyclic) bond motifs is 1. The third-order valence-electron chi connectivity index (χ3n) is 2.76. The summed E-state index contributed by atoms with van der Waals surface area (Å²) in [7, 11) is 0. The SMILES string of the molecule is CCCC(O)c1cc(F)c2c(c1)CC(=O)N2. The molecule has 0 aliphatic carbocycles. The molecule has 0 bridgehead atoms. The maximum absolute atomic E-state index is 13.6. The number of rotatable bonds is 3. The number of aliphatic hydroxyl groups excluding tert-OH is 1. The summed E-state index contributed by atoms with van der Waals surface area (Å²) in [5, 5.41) is 12.2. The van der Waals surface area contributed by atoms with Gasteiger partial charge in [0.15, 0.2) is 0 Å². The first kappa shape index (κ1) is 11.1. The van der Waals surface area contributed by atoms with E-state index in [1.54, 1.807) is 6.07 Å². The molecule has 1 unspecified atom stereocenters. The largest absolute Gasteiger partial charge is 0.388 e. The van der Waals surface area contributed by atoms with Crippen molar-refractivity contribution in [3.05, 3.63) is 29.1 Å². The van der Waals surface area contributed by atoms with Crippen molar-refractivity contribution in [2.45, 2.75) is 32.3 Å². The summed E-state index contributed by atoms with van der Waals surface area (Å²) in [5.41, 5.74) is 1.45. The Morgan fingerprint density at radius 2 is 2.31 bits per heavy atom. The lowest BCUT2D eigenvalue weighted by Gasteiger charge is -2.11. The topological polar surface area (TPSA) is 49.3 Å². The van der Waals surface area contributed by atoms with Crippen LogP contribution < -0.4 is 5.32 Å². The summed E-state index contributed by atoms with van der Waals surface area (Å²) in [6, 6.07) is 3.00. The minimum atomic E-state index is -0.652. The molecule has 4 heteroatoms. The van der Waals surface area contributed by atoms with Crippen molar-refractivity contribution in [3.8, 4) is 0 Å². The predicted octanol–water partition coefficient (Wildman–Crippen LogP) is 2.15. The molecule has 1 aromatic rings. The molecule has 0 fully saturated rings. The zero-order valence-corrected chi connectivity index (χ0v) is 9.09. The average Bonchev–Trinajstić information content (AvgIpc) is 2.59. The molecule has 16 heavy (non-hydrogen) atoms. The summed E-state index contributed by atoms with van der Waals surface area (Å²) in [6.07, 6.45) is 0.968. The van der Waals surface area contributed by atoms with E-state index in [1.807, 2.05) is 6.92 Å². The fourth-order valence-electron chi connectivity index (χ4n) is 1.96. The Kier molecular flexibility index (Phi) is 2.92. The normalized spacial score (nSPS) is 15.8. The average molecular weight is 223 g/mol. The van der Waals surface area contributed by atoms with E-state index >= 15 is 0 Å². The number of carbonyl (C=O) groups excluding carboxylic acids is 1. The molecule has 1 aromatic carbocycles. The molecule has 1 aliphatic heterocycles. The van der Waals surface area contributed by atoms with Gasteiger partial charge < -0.3 is 10.4 Å². The molecule has 1 atom stereocenters. The Bertz CT molecular complexity index is 431. The molecular formula is C12H14FNO2. The number of aliphatic hydroxyl groups is 1. The Hall–Kier alpha value is -1.42. The van der Waals surface area contributed by atoms with Crippen LogP contribution in [0.15, 0.2) is 12.1 Å². The monoisotopic (exact) mass is 223 g/mol. The van der Waals surface area contributed by atoms with Crippen LogP contribution in [0.25, 0.3) is 0 Å². The van der Waals surface area contributed by atoms with Crippen LogP contribution in [0.1, 0.15) is 37.0 Å². The van der Waals surface area contributed by atoms with Crippen molar-refractivity contribution in [2.75, 3.05) is 5.32 Å². The fraction of sp³-hybridized carbons (Fsp3) is 0.417. The molecule has 0 radical (unpaired) electrons. The van der Waals surface area contributed by atoms with Crippen molar-refractivity contribution in [2.24, 2.45) is 0 Å². The van der Waals surface area contributed by atoms with Crippen LogP contribution in [0.5, 0.6) is 0 Å². The third kappa shape index (κ3) is 1.93. The number of hydrogen-bond acceptors (Lipinski definition) is 2. The second-order valence-corrected chi connectivity index (χ2v) is 4.07. The Balaban J connectivity index is 2.34. The van der Waals surface area contributed by atoms with Gasteiger partial charge in [-0.15, -0.1) is 0 Å². The Labute approximate surface area is 93.3 Å². The molecule has 3 nitrogen and oxygen atoms in total.